The van der Waals surface area contributed by atoms with Gasteiger partial charge in [-0.3, -0.25) is 4.79 Å². The van der Waals surface area contributed by atoms with Crippen molar-refractivity contribution in [3.05, 3.63) is 41.8 Å². The Balaban J connectivity index is 2.06. The Morgan fingerprint density at radius 1 is 1.25 bits per heavy atom. The lowest BCUT2D eigenvalue weighted by molar-refractivity contribution is 0.0926. The Bertz CT molecular complexity index is 564. The Kier molecular flexibility index (Phi) is 4.90. The Morgan fingerprint density at radius 2 is 2.00 bits per heavy atom. The molecule has 0 bridgehead atoms. The summed E-state index contributed by atoms with van der Waals surface area (Å²) in [6.07, 6.45) is 0. The summed E-state index contributed by atoms with van der Waals surface area (Å²) in [6.45, 7) is 5.98. The van der Waals surface area contributed by atoms with Gasteiger partial charge in [0.05, 0.1) is 5.69 Å². The van der Waals surface area contributed by atoms with E-state index in [1.807, 2.05) is 37.3 Å². The summed E-state index contributed by atoms with van der Waals surface area (Å²) < 4.78 is 5.58. The lowest BCUT2D eigenvalue weighted by Gasteiger charge is -2.03. The van der Waals surface area contributed by atoms with E-state index in [2.05, 4.69) is 15.6 Å². The highest BCUT2D eigenvalue weighted by Gasteiger charge is 2.17. The van der Waals surface area contributed by atoms with E-state index in [-0.39, 0.29) is 11.7 Å². The lowest BCUT2D eigenvalue weighted by atomic mass is 10.2. The molecule has 0 saturated carbocycles. The average Bonchev–Trinajstić information content (AvgIpc) is 2.86. The third-order valence-electron chi connectivity index (χ3n) is 2.86. The molecule has 106 valence electrons. The molecule has 0 aliphatic heterocycles. The molecule has 0 aliphatic carbocycles. The first-order valence-corrected chi connectivity index (χ1v) is 6.74. The molecule has 2 aromatic rings. The van der Waals surface area contributed by atoms with Gasteiger partial charge < -0.3 is 15.1 Å². The maximum absolute atomic E-state index is 12.0. The predicted molar refractivity (Wildman–Crippen MR) is 77.6 cm³/mol. The van der Waals surface area contributed by atoms with E-state index in [4.69, 9.17) is 4.42 Å². The highest BCUT2D eigenvalue weighted by molar-refractivity contribution is 5.92. The van der Waals surface area contributed by atoms with Crippen LogP contribution < -0.4 is 10.6 Å². The zero-order chi connectivity index (χ0) is 14.4. The van der Waals surface area contributed by atoms with Gasteiger partial charge in [-0.05, 0) is 25.6 Å². The van der Waals surface area contributed by atoms with Gasteiger partial charge in [0.25, 0.3) is 5.91 Å². The van der Waals surface area contributed by atoms with Crippen LogP contribution in [0.5, 0.6) is 0 Å². The number of oxazole rings is 1. The molecule has 0 radical (unpaired) electrons. The molecule has 0 saturated heterocycles. The van der Waals surface area contributed by atoms with Crippen LogP contribution in [0.2, 0.25) is 0 Å². The molecule has 0 spiro atoms. The minimum absolute atomic E-state index is 0.227. The van der Waals surface area contributed by atoms with E-state index in [1.165, 1.54) is 0 Å². The number of amides is 1. The molecular weight excluding hydrogens is 254 g/mol. The van der Waals surface area contributed by atoms with Crippen LogP contribution in [-0.4, -0.2) is 30.5 Å². The summed E-state index contributed by atoms with van der Waals surface area (Å²) in [5, 5.41) is 5.94. The Morgan fingerprint density at radius 3 is 2.70 bits per heavy atom. The van der Waals surface area contributed by atoms with Gasteiger partial charge in [-0.25, -0.2) is 4.98 Å². The van der Waals surface area contributed by atoms with E-state index in [9.17, 15) is 4.79 Å². The predicted octanol–water partition coefficient (Wildman–Crippen LogP) is 1.99. The van der Waals surface area contributed by atoms with Crippen molar-refractivity contribution in [3.8, 4) is 11.5 Å². The number of nitrogens with one attached hydrogen (secondary N) is 2. The fourth-order valence-electron chi connectivity index (χ4n) is 1.83. The fourth-order valence-corrected chi connectivity index (χ4v) is 1.83. The van der Waals surface area contributed by atoms with Gasteiger partial charge in [0.15, 0.2) is 0 Å². The van der Waals surface area contributed by atoms with Gasteiger partial charge in [0, 0.05) is 18.7 Å². The van der Waals surface area contributed by atoms with Crippen molar-refractivity contribution < 1.29 is 9.21 Å². The quantitative estimate of drug-likeness (QED) is 0.790. The fraction of sp³-hybridized carbons (Fsp3) is 0.333. The maximum atomic E-state index is 12.0. The first-order chi connectivity index (χ1) is 9.72. The van der Waals surface area contributed by atoms with Crippen molar-refractivity contribution in [2.45, 2.75) is 13.8 Å². The van der Waals surface area contributed by atoms with Crippen LogP contribution >= 0.6 is 0 Å². The molecule has 5 nitrogen and oxygen atoms in total. The van der Waals surface area contributed by atoms with Gasteiger partial charge in [-0.1, -0.05) is 25.1 Å². The largest absolute Gasteiger partial charge is 0.431 e. The number of benzene rings is 1. The van der Waals surface area contributed by atoms with Crippen LogP contribution in [0.15, 0.2) is 34.7 Å². The van der Waals surface area contributed by atoms with Crippen LogP contribution in [0.4, 0.5) is 0 Å². The molecule has 0 atom stereocenters. The standard InChI is InChI=1S/C15H19N3O2/c1-3-16-9-10-17-14(19)13-11(2)18-15(20-13)12-7-5-4-6-8-12/h4-8,16H,3,9-10H2,1-2H3,(H,17,19). The Labute approximate surface area is 118 Å². The van der Waals surface area contributed by atoms with Crippen molar-refractivity contribution >= 4 is 5.91 Å². The van der Waals surface area contributed by atoms with E-state index in [1.54, 1.807) is 6.92 Å². The number of aromatic nitrogens is 1. The molecule has 20 heavy (non-hydrogen) atoms. The van der Waals surface area contributed by atoms with E-state index in [0.29, 0.717) is 18.1 Å². The van der Waals surface area contributed by atoms with Crippen LogP contribution in [0.1, 0.15) is 23.2 Å². The van der Waals surface area contributed by atoms with E-state index in [0.717, 1.165) is 18.7 Å². The van der Waals surface area contributed by atoms with Gasteiger partial charge in [0.1, 0.15) is 0 Å². The molecule has 0 aliphatic rings. The second-order valence-corrected chi connectivity index (χ2v) is 4.41. The van der Waals surface area contributed by atoms with Crippen LogP contribution in [0.25, 0.3) is 11.5 Å². The van der Waals surface area contributed by atoms with Gasteiger partial charge >= 0.3 is 0 Å². The lowest BCUT2D eigenvalue weighted by Crippen LogP contribution is -2.31. The van der Waals surface area contributed by atoms with Crippen molar-refractivity contribution in [2.75, 3.05) is 19.6 Å². The van der Waals surface area contributed by atoms with E-state index >= 15 is 0 Å². The molecular formula is C15H19N3O2. The topological polar surface area (TPSA) is 67.2 Å². The number of carbonyl (C=O) groups is 1. The molecule has 5 heteroatoms. The molecule has 1 aromatic carbocycles. The van der Waals surface area contributed by atoms with Crippen molar-refractivity contribution in [2.24, 2.45) is 0 Å². The summed E-state index contributed by atoms with van der Waals surface area (Å²) >= 11 is 0. The van der Waals surface area contributed by atoms with E-state index < -0.39 is 0 Å². The summed E-state index contributed by atoms with van der Waals surface area (Å²) in [4.78, 5) is 16.3. The highest BCUT2D eigenvalue weighted by atomic mass is 16.4. The normalized spacial score (nSPS) is 10.5. The summed E-state index contributed by atoms with van der Waals surface area (Å²) in [6, 6.07) is 9.54. The molecule has 1 aromatic heterocycles. The number of rotatable bonds is 6. The first kappa shape index (κ1) is 14.3. The van der Waals surface area contributed by atoms with Gasteiger partial charge in [-0.2, -0.15) is 0 Å². The van der Waals surface area contributed by atoms with Crippen molar-refractivity contribution in [1.82, 2.24) is 15.6 Å². The minimum atomic E-state index is -0.227. The number of hydrogen-bond donors (Lipinski definition) is 2. The summed E-state index contributed by atoms with van der Waals surface area (Å²) in [7, 11) is 0. The number of nitrogens with zero attached hydrogens (tertiary/aromatic N) is 1. The zero-order valence-corrected chi connectivity index (χ0v) is 11.8. The molecule has 0 fully saturated rings. The van der Waals surface area contributed by atoms with Crippen LogP contribution in [0.3, 0.4) is 0 Å². The highest BCUT2D eigenvalue weighted by Crippen LogP contribution is 2.21. The summed E-state index contributed by atoms with van der Waals surface area (Å²) in [5.41, 5.74) is 1.46. The van der Waals surface area contributed by atoms with Crippen molar-refractivity contribution in [1.29, 1.82) is 0 Å². The number of likely N-dealkylation sites (N-methyl/N-ethyl adjacent to an activating group) is 1. The molecule has 1 heterocycles. The zero-order valence-electron chi connectivity index (χ0n) is 11.8. The number of hydrogen-bond acceptors (Lipinski definition) is 4. The third-order valence-corrected chi connectivity index (χ3v) is 2.86. The SMILES string of the molecule is CCNCCNC(=O)c1oc(-c2ccccc2)nc1C. The first-order valence-electron chi connectivity index (χ1n) is 6.74. The number of carbonyl (C=O) groups excluding carboxylic acids is 1. The summed E-state index contributed by atoms with van der Waals surface area (Å²) in [5.74, 6) is 0.523. The second-order valence-electron chi connectivity index (χ2n) is 4.41. The second kappa shape index (κ2) is 6.86. The molecule has 0 unspecified atom stereocenters. The average molecular weight is 273 g/mol. The Hall–Kier alpha value is -2.14. The minimum Gasteiger partial charge on any atom is -0.431 e. The smallest absolute Gasteiger partial charge is 0.289 e. The maximum Gasteiger partial charge on any atom is 0.289 e. The van der Waals surface area contributed by atoms with Gasteiger partial charge in [0.2, 0.25) is 11.7 Å². The van der Waals surface area contributed by atoms with Crippen LogP contribution in [-0.2, 0) is 0 Å². The van der Waals surface area contributed by atoms with Crippen LogP contribution in [0, 0.1) is 6.92 Å². The van der Waals surface area contributed by atoms with Crippen molar-refractivity contribution in [3.63, 3.8) is 0 Å². The third kappa shape index (κ3) is 3.45. The van der Waals surface area contributed by atoms with Gasteiger partial charge in [-0.15, -0.1) is 0 Å². The molecule has 1 amide bonds. The molecule has 2 rings (SSSR count). The number of aryl methyl sites for hydroxylation is 1. The monoisotopic (exact) mass is 273 g/mol. The molecule has 2 N–H and O–H groups in total.